The van der Waals surface area contributed by atoms with Crippen molar-refractivity contribution in [1.29, 1.82) is 0 Å². The number of anilines is 1. The molecule has 0 fully saturated rings. The third-order valence-corrected chi connectivity index (χ3v) is 5.07. The molecule has 0 saturated heterocycles. The van der Waals surface area contributed by atoms with Crippen LogP contribution in [0.25, 0.3) is 22.3 Å². The summed E-state index contributed by atoms with van der Waals surface area (Å²) in [5, 5.41) is 12.6. The molecule has 4 aromatic rings. The van der Waals surface area contributed by atoms with Crippen molar-refractivity contribution in [2.24, 2.45) is 0 Å². The number of carbonyl (C=O) groups excluding carboxylic acids is 1. The van der Waals surface area contributed by atoms with Crippen molar-refractivity contribution < 1.29 is 4.79 Å². The highest BCUT2D eigenvalue weighted by Crippen LogP contribution is 2.25. The first-order valence-corrected chi connectivity index (χ1v) is 9.47. The number of nitrogens with one attached hydrogen (secondary N) is 1. The lowest BCUT2D eigenvalue weighted by atomic mass is 10.1. The van der Waals surface area contributed by atoms with Gasteiger partial charge in [0.2, 0.25) is 0 Å². The fourth-order valence-corrected chi connectivity index (χ4v) is 3.65. The maximum Gasteiger partial charge on any atom is 0.274 e. The van der Waals surface area contributed by atoms with E-state index in [0.717, 1.165) is 53.9 Å². The van der Waals surface area contributed by atoms with Crippen LogP contribution in [0.4, 0.5) is 5.69 Å². The molecule has 28 heavy (non-hydrogen) atoms. The highest BCUT2D eigenvalue weighted by atomic mass is 16.1. The quantitative estimate of drug-likeness (QED) is 0.590. The molecule has 138 valence electrons. The van der Waals surface area contributed by atoms with Crippen LogP contribution in [0.2, 0.25) is 0 Å². The van der Waals surface area contributed by atoms with Crippen molar-refractivity contribution in [3.8, 4) is 11.4 Å². The Labute approximate surface area is 162 Å². The summed E-state index contributed by atoms with van der Waals surface area (Å²) in [6.45, 7) is 0.940. The highest BCUT2D eigenvalue weighted by Gasteiger charge is 2.17. The number of aromatic nitrogens is 4. The summed E-state index contributed by atoms with van der Waals surface area (Å²) < 4.78 is 2.18. The summed E-state index contributed by atoms with van der Waals surface area (Å²) in [5.41, 5.74) is 2.86. The lowest BCUT2D eigenvalue weighted by Gasteiger charge is -2.15. The predicted molar refractivity (Wildman–Crippen MR) is 108 cm³/mol. The fourth-order valence-electron chi connectivity index (χ4n) is 3.65. The highest BCUT2D eigenvalue weighted by molar-refractivity contribution is 6.04. The van der Waals surface area contributed by atoms with E-state index in [-0.39, 0.29) is 5.91 Å². The minimum absolute atomic E-state index is 0.230. The largest absolute Gasteiger partial charge is 0.321 e. The number of aryl methyl sites for hydroxylation is 1. The molecule has 6 nitrogen and oxygen atoms in total. The van der Waals surface area contributed by atoms with Crippen molar-refractivity contribution in [1.82, 2.24) is 19.7 Å². The van der Waals surface area contributed by atoms with E-state index < -0.39 is 0 Å². The predicted octanol–water partition coefficient (Wildman–Crippen LogP) is 4.08. The Morgan fingerprint density at radius 2 is 1.89 bits per heavy atom. The number of rotatable bonds is 3. The molecule has 2 aromatic carbocycles. The summed E-state index contributed by atoms with van der Waals surface area (Å²) in [6, 6.07) is 19.1. The number of benzene rings is 2. The third-order valence-electron chi connectivity index (χ3n) is 5.07. The van der Waals surface area contributed by atoms with Crippen molar-refractivity contribution >= 4 is 22.5 Å². The van der Waals surface area contributed by atoms with Crippen LogP contribution in [0, 0.1) is 0 Å². The summed E-state index contributed by atoms with van der Waals surface area (Å²) in [4.78, 5) is 17.1. The first-order valence-electron chi connectivity index (χ1n) is 9.47. The first-order chi connectivity index (χ1) is 13.8. The standard InChI is InChI=1S/C22H19N5O/c28-22(19-12-11-15-6-1-2-9-18(15)24-19)23-17-8-5-7-16(14-17)21-26-25-20-10-3-4-13-27(20)21/h1-2,5-9,11-12,14H,3-4,10,13H2,(H,23,28). The zero-order chi connectivity index (χ0) is 18.9. The minimum atomic E-state index is -0.230. The molecule has 0 spiro atoms. The van der Waals surface area contributed by atoms with Crippen molar-refractivity contribution in [2.45, 2.75) is 25.8 Å². The van der Waals surface area contributed by atoms with Crippen molar-refractivity contribution in [3.05, 3.63) is 72.2 Å². The molecule has 1 aliphatic rings. The van der Waals surface area contributed by atoms with Gasteiger partial charge in [-0.3, -0.25) is 4.79 Å². The van der Waals surface area contributed by atoms with E-state index in [1.165, 1.54) is 0 Å². The maximum absolute atomic E-state index is 12.7. The number of pyridine rings is 1. The molecule has 0 atom stereocenters. The second kappa shape index (κ2) is 6.88. The van der Waals surface area contributed by atoms with E-state index in [1.807, 2.05) is 54.6 Å². The Morgan fingerprint density at radius 3 is 2.86 bits per heavy atom. The van der Waals surface area contributed by atoms with Crippen LogP contribution >= 0.6 is 0 Å². The molecule has 2 aromatic heterocycles. The van der Waals surface area contributed by atoms with Crippen molar-refractivity contribution in [3.63, 3.8) is 0 Å². The van der Waals surface area contributed by atoms with Gasteiger partial charge in [-0.1, -0.05) is 36.4 Å². The molecule has 6 heteroatoms. The summed E-state index contributed by atoms with van der Waals surface area (Å²) in [5.74, 6) is 1.66. The molecule has 3 heterocycles. The second-order valence-corrected chi connectivity index (χ2v) is 6.97. The Hall–Kier alpha value is -3.54. The van der Waals surface area contributed by atoms with Crippen LogP contribution in [-0.4, -0.2) is 25.7 Å². The van der Waals surface area contributed by atoms with Gasteiger partial charge in [-0.05, 0) is 37.1 Å². The number of hydrogen-bond acceptors (Lipinski definition) is 4. The molecule has 5 rings (SSSR count). The monoisotopic (exact) mass is 369 g/mol. The van der Waals surface area contributed by atoms with Gasteiger partial charge >= 0.3 is 0 Å². The Balaban J connectivity index is 1.42. The smallest absolute Gasteiger partial charge is 0.274 e. The van der Waals surface area contributed by atoms with E-state index in [4.69, 9.17) is 0 Å². The van der Waals surface area contributed by atoms with Gasteiger partial charge in [0.1, 0.15) is 11.5 Å². The van der Waals surface area contributed by atoms with Crippen LogP contribution in [-0.2, 0) is 13.0 Å². The second-order valence-electron chi connectivity index (χ2n) is 6.97. The molecule has 0 radical (unpaired) electrons. The Morgan fingerprint density at radius 1 is 0.964 bits per heavy atom. The SMILES string of the molecule is O=C(Nc1cccc(-c2nnc3n2CCCC3)c1)c1ccc2ccccc2n1. The van der Waals surface area contributed by atoms with Gasteiger partial charge in [-0.2, -0.15) is 0 Å². The molecule has 0 saturated carbocycles. The molecule has 0 aliphatic carbocycles. The topological polar surface area (TPSA) is 72.7 Å². The number of amides is 1. The number of fused-ring (bicyclic) bond motifs is 2. The molecule has 0 unspecified atom stereocenters. The van der Waals surface area contributed by atoms with E-state index in [1.54, 1.807) is 6.07 Å². The van der Waals surface area contributed by atoms with Crippen LogP contribution < -0.4 is 5.32 Å². The number of nitrogens with zero attached hydrogens (tertiary/aromatic N) is 4. The molecule has 1 amide bonds. The van der Waals surface area contributed by atoms with Crippen LogP contribution in [0.5, 0.6) is 0 Å². The van der Waals surface area contributed by atoms with E-state index in [2.05, 4.69) is 25.1 Å². The molecule has 0 bridgehead atoms. The summed E-state index contributed by atoms with van der Waals surface area (Å²) in [7, 11) is 0. The molecular weight excluding hydrogens is 350 g/mol. The van der Waals surface area contributed by atoms with Gasteiger partial charge in [-0.25, -0.2) is 4.98 Å². The summed E-state index contributed by atoms with van der Waals surface area (Å²) >= 11 is 0. The van der Waals surface area contributed by atoms with Gasteiger partial charge in [0.15, 0.2) is 5.82 Å². The average Bonchev–Trinajstić information content (AvgIpc) is 3.18. The van der Waals surface area contributed by atoms with E-state index in [9.17, 15) is 4.79 Å². The van der Waals surface area contributed by atoms with Crippen molar-refractivity contribution in [2.75, 3.05) is 5.32 Å². The molecule has 1 N–H and O–H groups in total. The number of para-hydroxylation sites is 1. The van der Waals surface area contributed by atoms with Crippen LogP contribution in [0.15, 0.2) is 60.7 Å². The first kappa shape index (κ1) is 16.6. The van der Waals surface area contributed by atoms with Gasteiger partial charge in [0.05, 0.1) is 5.52 Å². The van der Waals surface area contributed by atoms with Gasteiger partial charge < -0.3 is 9.88 Å². The summed E-state index contributed by atoms with van der Waals surface area (Å²) in [6.07, 6.45) is 3.27. The third kappa shape index (κ3) is 3.03. The van der Waals surface area contributed by atoms with Gasteiger partial charge in [0.25, 0.3) is 5.91 Å². The van der Waals surface area contributed by atoms with Gasteiger partial charge in [-0.15, -0.1) is 10.2 Å². The Bertz CT molecular complexity index is 1180. The lowest BCUT2D eigenvalue weighted by molar-refractivity contribution is 0.102. The number of hydrogen-bond donors (Lipinski definition) is 1. The molecule has 1 aliphatic heterocycles. The maximum atomic E-state index is 12.7. The zero-order valence-electron chi connectivity index (χ0n) is 15.3. The minimum Gasteiger partial charge on any atom is -0.321 e. The molecular formula is C22H19N5O. The zero-order valence-corrected chi connectivity index (χ0v) is 15.3. The Kier molecular flexibility index (Phi) is 4.09. The number of carbonyl (C=O) groups is 1. The van der Waals surface area contributed by atoms with Gasteiger partial charge in [0, 0.05) is 29.6 Å². The fraction of sp³-hybridized carbons (Fsp3) is 0.182. The van der Waals surface area contributed by atoms with Crippen LogP contribution in [0.3, 0.4) is 0 Å². The average molecular weight is 369 g/mol. The van der Waals surface area contributed by atoms with E-state index >= 15 is 0 Å². The normalized spacial score (nSPS) is 13.3. The lowest BCUT2D eigenvalue weighted by Crippen LogP contribution is -2.14. The van der Waals surface area contributed by atoms with Crippen LogP contribution in [0.1, 0.15) is 29.2 Å². The van der Waals surface area contributed by atoms with E-state index in [0.29, 0.717) is 11.4 Å².